The van der Waals surface area contributed by atoms with Gasteiger partial charge in [-0.3, -0.25) is 0 Å². The van der Waals surface area contributed by atoms with Gasteiger partial charge in [-0.15, -0.1) is 0 Å². The molecule has 106 valence electrons. The fraction of sp³-hybridized carbons (Fsp3) is 0.417. The standard InChI is InChI=1S/C12H16ClNO5/c1-17-6-9(12(15)16)14-8-5-10(18-2)7(13)4-11(8)19-3/h4-5,9,14H,6H2,1-3H3,(H,15,16). The first-order valence-electron chi connectivity index (χ1n) is 5.43. The van der Waals surface area contributed by atoms with E-state index >= 15 is 0 Å². The molecule has 2 N–H and O–H groups in total. The fourth-order valence-corrected chi connectivity index (χ4v) is 1.73. The van der Waals surface area contributed by atoms with Crippen molar-refractivity contribution in [1.29, 1.82) is 0 Å². The first-order valence-corrected chi connectivity index (χ1v) is 5.81. The number of aliphatic carboxylic acids is 1. The molecule has 0 aliphatic heterocycles. The van der Waals surface area contributed by atoms with E-state index in [1.54, 1.807) is 12.1 Å². The highest BCUT2D eigenvalue weighted by Gasteiger charge is 2.20. The summed E-state index contributed by atoms with van der Waals surface area (Å²) in [4.78, 5) is 11.1. The van der Waals surface area contributed by atoms with Crippen LogP contribution in [0.2, 0.25) is 5.02 Å². The van der Waals surface area contributed by atoms with Crippen LogP contribution in [-0.2, 0) is 9.53 Å². The Bertz CT molecular complexity index is 452. The van der Waals surface area contributed by atoms with Crippen molar-refractivity contribution < 1.29 is 24.1 Å². The third kappa shape index (κ3) is 3.90. The Morgan fingerprint density at radius 2 is 1.95 bits per heavy atom. The molecule has 1 aromatic rings. The molecule has 0 saturated heterocycles. The molecule has 0 fully saturated rings. The number of nitrogens with one attached hydrogen (secondary N) is 1. The monoisotopic (exact) mass is 289 g/mol. The Kier molecular flexibility index (Phi) is 5.72. The van der Waals surface area contributed by atoms with Gasteiger partial charge in [0.2, 0.25) is 0 Å². The minimum atomic E-state index is -1.03. The lowest BCUT2D eigenvalue weighted by Gasteiger charge is -2.18. The van der Waals surface area contributed by atoms with E-state index in [2.05, 4.69) is 5.32 Å². The summed E-state index contributed by atoms with van der Waals surface area (Å²) in [5.74, 6) is -0.183. The maximum atomic E-state index is 11.1. The average molecular weight is 290 g/mol. The summed E-state index contributed by atoms with van der Waals surface area (Å²) >= 11 is 5.97. The van der Waals surface area contributed by atoms with E-state index in [4.69, 9.17) is 30.9 Å². The van der Waals surface area contributed by atoms with Gasteiger partial charge in [-0.05, 0) is 0 Å². The minimum absolute atomic E-state index is 0.0173. The second-order valence-corrected chi connectivity index (χ2v) is 4.08. The van der Waals surface area contributed by atoms with Crippen molar-refractivity contribution in [2.24, 2.45) is 0 Å². The Morgan fingerprint density at radius 3 is 2.42 bits per heavy atom. The maximum Gasteiger partial charge on any atom is 0.328 e. The van der Waals surface area contributed by atoms with Crippen LogP contribution in [0.4, 0.5) is 5.69 Å². The van der Waals surface area contributed by atoms with Gasteiger partial charge in [0, 0.05) is 19.2 Å². The Balaban J connectivity index is 3.06. The number of hydrogen-bond donors (Lipinski definition) is 2. The van der Waals surface area contributed by atoms with Crippen LogP contribution < -0.4 is 14.8 Å². The maximum absolute atomic E-state index is 11.1. The summed E-state index contributed by atoms with van der Waals surface area (Å²) in [6.07, 6.45) is 0. The van der Waals surface area contributed by atoms with Crippen LogP contribution in [0.3, 0.4) is 0 Å². The molecule has 0 aliphatic rings. The minimum Gasteiger partial charge on any atom is -0.495 e. The molecule has 0 bridgehead atoms. The number of benzene rings is 1. The molecule has 19 heavy (non-hydrogen) atoms. The molecule has 0 aliphatic carbocycles. The zero-order valence-corrected chi connectivity index (χ0v) is 11.7. The molecule has 6 nitrogen and oxygen atoms in total. The molecule has 0 aromatic heterocycles. The quantitative estimate of drug-likeness (QED) is 0.798. The molecule has 0 saturated carbocycles. The van der Waals surface area contributed by atoms with Gasteiger partial charge in [0.25, 0.3) is 0 Å². The first kappa shape index (κ1) is 15.4. The molecule has 0 radical (unpaired) electrons. The van der Waals surface area contributed by atoms with Gasteiger partial charge in [0.05, 0.1) is 31.5 Å². The Hall–Kier alpha value is -1.66. The van der Waals surface area contributed by atoms with Crippen LogP contribution in [0.25, 0.3) is 0 Å². The number of carboxylic acid groups (broad SMARTS) is 1. The number of methoxy groups -OCH3 is 3. The SMILES string of the molecule is COCC(Nc1cc(OC)c(Cl)cc1OC)C(=O)O. The van der Waals surface area contributed by atoms with E-state index in [0.717, 1.165) is 0 Å². The molecule has 0 spiro atoms. The number of carbonyl (C=O) groups is 1. The highest BCUT2D eigenvalue weighted by atomic mass is 35.5. The van der Waals surface area contributed by atoms with Crippen molar-refractivity contribution in [3.8, 4) is 11.5 Å². The molecule has 1 aromatic carbocycles. The summed E-state index contributed by atoms with van der Waals surface area (Å²) in [5.41, 5.74) is 0.466. The highest BCUT2D eigenvalue weighted by Crippen LogP contribution is 2.36. The number of rotatable bonds is 7. The molecule has 0 heterocycles. The molecule has 7 heteroatoms. The van der Waals surface area contributed by atoms with E-state index in [-0.39, 0.29) is 6.61 Å². The number of carboxylic acids is 1. The molecule has 1 atom stereocenters. The number of hydrogen-bond acceptors (Lipinski definition) is 5. The number of ether oxygens (including phenoxy) is 3. The van der Waals surface area contributed by atoms with Crippen molar-refractivity contribution in [2.45, 2.75) is 6.04 Å². The molecule has 1 unspecified atom stereocenters. The van der Waals surface area contributed by atoms with E-state index in [9.17, 15) is 4.79 Å². The van der Waals surface area contributed by atoms with Crippen molar-refractivity contribution in [2.75, 3.05) is 33.3 Å². The Morgan fingerprint density at radius 1 is 1.32 bits per heavy atom. The zero-order valence-electron chi connectivity index (χ0n) is 10.9. The van der Waals surface area contributed by atoms with Crippen LogP contribution in [-0.4, -0.2) is 45.1 Å². The van der Waals surface area contributed by atoms with Gasteiger partial charge in [0.1, 0.15) is 17.5 Å². The van der Waals surface area contributed by atoms with Gasteiger partial charge >= 0.3 is 5.97 Å². The van der Waals surface area contributed by atoms with E-state index in [1.807, 2.05) is 0 Å². The predicted molar refractivity (Wildman–Crippen MR) is 71.5 cm³/mol. The van der Waals surface area contributed by atoms with Crippen LogP contribution in [0.15, 0.2) is 12.1 Å². The number of anilines is 1. The van der Waals surface area contributed by atoms with Crippen LogP contribution in [0.5, 0.6) is 11.5 Å². The van der Waals surface area contributed by atoms with Gasteiger partial charge < -0.3 is 24.6 Å². The van der Waals surface area contributed by atoms with Crippen molar-refractivity contribution in [3.05, 3.63) is 17.2 Å². The van der Waals surface area contributed by atoms with Crippen LogP contribution in [0.1, 0.15) is 0 Å². The van der Waals surface area contributed by atoms with Crippen molar-refractivity contribution in [1.82, 2.24) is 0 Å². The topological polar surface area (TPSA) is 77.0 Å². The number of halogens is 1. The fourth-order valence-electron chi connectivity index (χ4n) is 1.50. The largest absolute Gasteiger partial charge is 0.495 e. The smallest absolute Gasteiger partial charge is 0.328 e. The van der Waals surface area contributed by atoms with Crippen LogP contribution in [0, 0.1) is 0 Å². The molecular weight excluding hydrogens is 274 g/mol. The lowest BCUT2D eigenvalue weighted by atomic mass is 10.2. The van der Waals surface area contributed by atoms with Gasteiger partial charge in [-0.1, -0.05) is 11.6 Å². The summed E-state index contributed by atoms with van der Waals surface area (Å²) in [7, 11) is 4.37. The molecule has 0 amide bonds. The third-order valence-corrected chi connectivity index (χ3v) is 2.73. The van der Waals surface area contributed by atoms with Crippen molar-refractivity contribution >= 4 is 23.3 Å². The van der Waals surface area contributed by atoms with E-state index in [0.29, 0.717) is 22.2 Å². The summed E-state index contributed by atoms with van der Waals surface area (Å²) in [6.45, 7) is 0.0173. The van der Waals surface area contributed by atoms with Crippen molar-refractivity contribution in [3.63, 3.8) is 0 Å². The molecule has 1 rings (SSSR count). The summed E-state index contributed by atoms with van der Waals surface area (Å²) in [6, 6.07) is 2.23. The second kappa shape index (κ2) is 7.06. The van der Waals surface area contributed by atoms with Crippen LogP contribution >= 0.6 is 11.6 Å². The van der Waals surface area contributed by atoms with Gasteiger partial charge in [-0.2, -0.15) is 0 Å². The summed E-state index contributed by atoms with van der Waals surface area (Å²) < 4.78 is 15.1. The first-order chi connectivity index (χ1) is 9.03. The Labute approximate surface area is 116 Å². The zero-order chi connectivity index (χ0) is 14.4. The lowest BCUT2D eigenvalue weighted by Crippen LogP contribution is -2.33. The lowest BCUT2D eigenvalue weighted by molar-refractivity contribution is -0.139. The van der Waals surface area contributed by atoms with Gasteiger partial charge in [-0.25, -0.2) is 4.79 Å². The average Bonchev–Trinajstić information content (AvgIpc) is 2.39. The predicted octanol–water partition coefficient (Wildman–Crippen LogP) is 1.87. The second-order valence-electron chi connectivity index (χ2n) is 3.68. The van der Waals surface area contributed by atoms with Gasteiger partial charge in [0.15, 0.2) is 0 Å². The highest BCUT2D eigenvalue weighted by molar-refractivity contribution is 6.32. The van der Waals surface area contributed by atoms with E-state index < -0.39 is 12.0 Å². The molecular formula is C12H16ClNO5. The third-order valence-electron chi connectivity index (χ3n) is 2.44. The normalized spacial score (nSPS) is 11.8. The summed E-state index contributed by atoms with van der Waals surface area (Å²) in [5, 5.41) is 12.3. The van der Waals surface area contributed by atoms with E-state index in [1.165, 1.54) is 21.3 Å².